The van der Waals surface area contributed by atoms with Crippen LogP contribution in [0, 0.1) is 11.8 Å². The second-order valence-corrected chi connectivity index (χ2v) is 6.22. The van der Waals surface area contributed by atoms with Crippen LogP contribution < -0.4 is 5.73 Å². The number of hydrogen-bond donors (Lipinski definition) is 1. The van der Waals surface area contributed by atoms with E-state index in [1.165, 1.54) is 38.5 Å². The molecule has 2 unspecified atom stereocenters. The largest absolute Gasteiger partial charge is 0.338 e. The Morgan fingerprint density at radius 3 is 2.44 bits per heavy atom. The van der Waals surface area contributed by atoms with Crippen LogP contribution >= 0.6 is 0 Å². The van der Waals surface area contributed by atoms with Crippen LogP contribution in [0.3, 0.4) is 0 Å². The zero-order valence-electron chi connectivity index (χ0n) is 11.7. The third-order valence-electron chi connectivity index (χ3n) is 4.88. The molecular formula is C15H28N2O. The minimum atomic E-state index is 0.295. The van der Waals surface area contributed by atoms with E-state index in [1.807, 2.05) is 0 Å². The molecule has 0 aromatic rings. The second-order valence-electron chi connectivity index (χ2n) is 6.22. The van der Waals surface area contributed by atoms with Gasteiger partial charge in [0.1, 0.15) is 0 Å². The van der Waals surface area contributed by atoms with Crippen molar-refractivity contribution in [2.24, 2.45) is 17.6 Å². The van der Waals surface area contributed by atoms with Crippen molar-refractivity contribution in [2.75, 3.05) is 13.1 Å². The van der Waals surface area contributed by atoms with Crippen molar-refractivity contribution in [3.63, 3.8) is 0 Å². The number of nitrogens with zero attached hydrogens (tertiary/aromatic N) is 1. The van der Waals surface area contributed by atoms with Gasteiger partial charge in [-0.15, -0.1) is 0 Å². The van der Waals surface area contributed by atoms with Gasteiger partial charge in [-0.2, -0.15) is 0 Å². The Morgan fingerprint density at radius 2 is 1.83 bits per heavy atom. The summed E-state index contributed by atoms with van der Waals surface area (Å²) in [7, 11) is 0. The average molecular weight is 252 g/mol. The van der Waals surface area contributed by atoms with Crippen LogP contribution in [-0.2, 0) is 4.79 Å². The van der Waals surface area contributed by atoms with E-state index in [2.05, 4.69) is 11.8 Å². The van der Waals surface area contributed by atoms with Crippen LogP contribution in [0.25, 0.3) is 0 Å². The van der Waals surface area contributed by atoms with Crippen LogP contribution in [0.15, 0.2) is 0 Å². The van der Waals surface area contributed by atoms with Crippen LogP contribution in [0.4, 0.5) is 0 Å². The maximum atomic E-state index is 12.4. The molecule has 2 N–H and O–H groups in total. The Hall–Kier alpha value is -0.570. The molecule has 3 heteroatoms. The van der Waals surface area contributed by atoms with Crippen LogP contribution in [-0.4, -0.2) is 29.9 Å². The highest BCUT2D eigenvalue weighted by Crippen LogP contribution is 2.29. The second kappa shape index (κ2) is 6.55. The van der Waals surface area contributed by atoms with Crippen LogP contribution in [0.5, 0.6) is 0 Å². The van der Waals surface area contributed by atoms with E-state index < -0.39 is 0 Å². The summed E-state index contributed by atoms with van der Waals surface area (Å²) in [4.78, 5) is 14.5. The summed E-state index contributed by atoms with van der Waals surface area (Å²) >= 11 is 0. The maximum Gasteiger partial charge on any atom is 0.223 e. The third-order valence-corrected chi connectivity index (χ3v) is 4.88. The number of nitrogens with two attached hydrogens (primary N) is 1. The fraction of sp³-hybridized carbons (Fsp3) is 0.933. The molecule has 0 spiro atoms. The Morgan fingerprint density at radius 1 is 1.17 bits per heavy atom. The Balaban J connectivity index is 1.86. The first-order valence-electron chi connectivity index (χ1n) is 7.72. The van der Waals surface area contributed by atoms with Gasteiger partial charge in [0.05, 0.1) is 0 Å². The van der Waals surface area contributed by atoms with Gasteiger partial charge in [0, 0.05) is 25.6 Å². The lowest BCUT2D eigenvalue weighted by atomic mass is 9.95. The summed E-state index contributed by atoms with van der Waals surface area (Å²) < 4.78 is 0. The van der Waals surface area contributed by atoms with Crippen LogP contribution in [0.2, 0.25) is 0 Å². The van der Waals surface area contributed by atoms with Gasteiger partial charge >= 0.3 is 0 Å². The Kier molecular flexibility index (Phi) is 5.04. The lowest BCUT2D eigenvalue weighted by Gasteiger charge is -2.27. The van der Waals surface area contributed by atoms with Gasteiger partial charge in [0.25, 0.3) is 0 Å². The molecule has 1 aliphatic carbocycles. The van der Waals surface area contributed by atoms with Crippen molar-refractivity contribution in [3.05, 3.63) is 0 Å². The van der Waals surface area contributed by atoms with Crippen molar-refractivity contribution in [1.29, 1.82) is 0 Å². The van der Waals surface area contributed by atoms with Gasteiger partial charge in [-0.3, -0.25) is 4.79 Å². The SMILES string of the molecule is CC1CCN(C(=O)CC2CCCCCC2)C1CN. The van der Waals surface area contributed by atoms with E-state index in [4.69, 9.17) is 5.73 Å². The molecule has 1 aliphatic heterocycles. The fourth-order valence-corrected chi connectivity index (χ4v) is 3.61. The number of hydrogen-bond acceptors (Lipinski definition) is 2. The molecule has 1 saturated heterocycles. The van der Waals surface area contributed by atoms with Crippen molar-refractivity contribution in [2.45, 2.75) is 64.3 Å². The van der Waals surface area contributed by atoms with Gasteiger partial charge in [0.2, 0.25) is 5.91 Å². The van der Waals surface area contributed by atoms with Crippen molar-refractivity contribution < 1.29 is 4.79 Å². The predicted molar refractivity (Wildman–Crippen MR) is 74.1 cm³/mol. The van der Waals surface area contributed by atoms with E-state index in [0.29, 0.717) is 30.3 Å². The van der Waals surface area contributed by atoms with E-state index in [-0.39, 0.29) is 0 Å². The van der Waals surface area contributed by atoms with Gasteiger partial charge in [0.15, 0.2) is 0 Å². The molecule has 1 saturated carbocycles. The lowest BCUT2D eigenvalue weighted by Crippen LogP contribution is -2.42. The van der Waals surface area contributed by atoms with Crippen molar-refractivity contribution >= 4 is 5.91 Å². The topological polar surface area (TPSA) is 46.3 Å². The van der Waals surface area contributed by atoms with Crippen molar-refractivity contribution in [1.82, 2.24) is 4.90 Å². The number of likely N-dealkylation sites (tertiary alicyclic amines) is 1. The summed E-state index contributed by atoms with van der Waals surface area (Å²) in [6.07, 6.45) is 9.74. The number of amides is 1. The maximum absolute atomic E-state index is 12.4. The molecule has 104 valence electrons. The van der Waals surface area contributed by atoms with Gasteiger partial charge in [-0.05, 0) is 31.1 Å². The molecule has 2 fully saturated rings. The molecule has 0 aromatic heterocycles. The summed E-state index contributed by atoms with van der Waals surface area (Å²) in [5.74, 6) is 1.57. The fourth-order valence-electron chi connectivity index (χ4n) is 3.61. The highest BCUT2D eigenvalue weighted by atomic mass is 16.2. The molecule has 0 bridgehead atoms. The summed E-state index contributed by atoms with van der Waals surface area (Å²) in [6, 6.07) is 0.295. The lowest BCUT2D eigenvalue weighted by molar-refractivity contribution is -0.133. The average Bonchev–Trinajstić information content (AvgIpc) is 2.57. The number of carbonyl (C=O) groups excluding carboxylic acids is 1. The molecule has 0 radical (unpaired) electrons. The van der Waals surface area contributed by atoms with Gasteiger partial charge in [-0.25, -0.2) is 0 Å². The van der Waals surface area contributed by atoms with E-state index in [1.54, 1.807) is 0 Å². The van der Waals surface area contributed by atoms with E-state index in [0.717, 1.165) is 19.4 Å². The van der Waals surface area contributed by atoms with Crippen molar-refractivity contribution in [3.8, 4) is 0 Å². The Bertz CT molecular complexity index is 272. The normalized spacial score (nSPS) is 30.4. The van der Waals surface area contributed by atoms with Gasteiger partial charge in [-0.1, -0.05) is 32.6 Å². The summed E-state index contributed by atoms with van der Waals surface area (Å²) in [6.45, 7) is 3.77. The first-order valence-corrected chi connectivity index (χ1v) is 7.72. The number of rotatable bonds is 3. The first-order chi connectivity index (χ1) is 8.72. The minimum absolute atomic E-state index is 0.295. The molecule has 2 atom stereocenters. The molecule has 3 nitrogen and oxygen atoms in total. The third kappa shape index (κ3) is 3.25. The zero-order valence-corrected chi connectivity index (χ0v) is 11.7. The predicted octanol–water partition coefficient (Wildman–Crippen LogP) is 2.54. The molecule has 18 heavy (non-hydrogen) atoms. The zero-order chi connectivity index (χ0) is 13.0. The quantitative estimate of drug-likeness (QED) is 0.785. The highest BCUT2D eigenvalue weighted by Gasteiger charge is 2.33. The van der Waals surface area contributed by atoms with E-state index in [9.17, 15) is 4.79 Å². The molecular weight excluding hydrogens is 224 g/mol. The highest BCUT2D eigenvalue weighted by molar-refractivity contribution is 5.77. The molecule has 2 rings (SSSR count). The number of carbonyl (C=O) groups is 1. The first kappa shape index (κ1) is 13.9. The summed E-state index contributed by atoms with van der Waals surface area (Å²) in [5.41, 5.74) is 5.82. The standard InChI is InChI=1S/C15H28N2O/c1-12-8-9-17(14(12)11-16)15(18)10-13-6-4-2-3-5-7-13/h12-14H,2-11,16H2,1H3. The smallest absolute Gasteiger partial charge is 0.223 e. The monoisotopic (exact) mass is 252 g/mol. The molecule has 1 heterocycles. The Labute approximate surface area is 111 Å². The summed E-state index contributed by atoms with van der Waals surface area (Å²) in [5, 5.41) is 0. The molecule has 0 aromatic carbocycles. The van der Waals surface area contributed by atoms with Crippen LogP contribution in [0.1, 0.15) is 58.3 Å². The van der Waals surface area contributed by atoms with E-state index >= 15 is 0 Å². The molecule has 2 aliphatic rings. The molecule has 1 amide bonds. The van der Waals surface area contributed by atoms with Gasteiger partial charge < -0.3 is 10.6 Å². The minimum Gasteiger partial charge on any atom is -0.338 e.